The van der Waals surface area contributed by atoms with E-state index < -0.39 is 0 Å². The van der Waals surface area contributed by atoms with Crippen molar-refractivity contribution in [1.29, 1.82) is 0 Å². The molecule has 6 nitrogen and oxygen atoms in total. The Morgan fingerprint density at radius 3 is 2.37 bits per heavy atom. The van der Waals surface area contributed by atoms with Crippen LogP contribution in [0.4, 0.5) is 5.69 Å². The van der Waals surface area contributed by atoms with Gasteiger partial charge < -0.3 is 19.5 Å². The van der Waals surface area contributed by atoms with Gasteiger partial charge in [0.25, 0.3) is 0 Å². The van der Waals surface area contributed by atoms with Crippen LogP contribution in [0.3, 0.4) is 0 Å². The van der Waals surface area contributed by atoms with Gasteiger partial charge >= 0.3 is 0 Å². The number of carbonyl (C=O) groups excluding carboxylic acids is 1. The molecule has 0 unspecified atom stereocenters. The van der Waals surface area contributed by atoms with E-state index in [4.69, 9.17) is 14.2 Å². The molecule has 27 heavy (non-hydrogen) atoms. The number of rotatable bonds is 6. The third-order valence-electron chi connectivity index (χ3n) is 4.00. The van der Waals surface area contributed by atoms with Crippen LogP contribution in [-0.2, 0) is 4.79 Å². The summed E-state index contributed by atoms with van der Waals surface area (Å²) in [6, 6.07) is 13.0. The summed E-state index contributed by atoms with van der Waals surface area (Å²) in [5.74, 6) is 1.29. The number of fused-ring (bicyclic) bond motifs is 1. The molecule has 0 spiro atoms. The lowest BCUT2D eigenvalue weighted by atomic mass is 10.1. The van der Waals surface area contributed by atoms with E-state index in [2.05, 4.69) is 10.3 Å². The van der Waals surface area contributed by atoms with E-state index in [0.717, 1.165) is 16.5 Å². The Labute approximate surface area is 157 Å². The van der Waals surface area contributed by atoms with Gasteiger partial charge in [-0.25, -0.2) is 0 Å². The van der Waals surface area contributed by atoms with Crippen LogP contribution in [0.1, 0.15) is 5.56 Å². The van der Waals surface area contributed by atoms with Crippen molar-refractivity contribution < 1.29 is 19.0 Å². The molecule has 1 heterocycles. The van der Waals surface area contributed by atoms with Crippen molar-refractivity contribution in [2.24, 2.45) is 0 Å². The second-order valence-corrected chi connectivity index (χ2v) is 5.66. The number of anilines is 1. The fourth-order valence-electron chi connectivity index (χ4n) is 2.75. The highest BCUT2D eigenvalue weighted by Gasteiger charge is 2.12. The minimum Gasteiger partial charge on any atom is -0.493 e. The van der Waals surface area contributed by atoms with Gasteiger partial charge in [-0.05, 0) is 35.9 Å². The minimum absolute atomic E-state index is 0.262. The van der Waals surface area contributed by atoms with Crippen molar-refractivity contribution in [3.63, 3.8) is 0 Å². The number of aromatic nitrogens is 1. The van der Waals surface area contributed by atoms with Crippen LogP contribution in [0.2, 0.25) is 0 Å². The monoisotopic (exact) mass is 364 g/mol. The lowest BCUT2D eigenvalue weighted by Gasteiger charge is -2.12. The molecule has 0 bridgehead atoms. The molecule has 0 radical (unpaired) electrons. The molecule has 138 valence electrons. The number of hydrogen-bond donors (Lipinski definition) is 1. The zero-order valence-corrected chi connectivity index (χ0v) is 15.4. The molecule has 2 aromatic carbocycles. The number of para-hydroxylation sites is 1. The van der Waals surface area contributed by atoms with Crippen LogP contribution in [0.25, 0.3) is 17.0 Å². The number of carbonyl (C=O) groups is 1. The number of nitrogens with zero attached hydrogens (tertiary/aromatic N) is 1. The first-order chi connectivity index (χ1) is 13.2. The summed E-state index contributed by atoms with van der Waals surface area (Å²) in [6.07, 6.45) is 4.82. The molecule has 6 heteroatoms. The predicted octanol–water partition coefficient (Wildman–Crippen LogP) is 3.91. The lowest BCUT2D eigenvalue weighted by molar-refractivity contribution is -0.111. The van der Waals surface area contributed by atoms with Gasteiger partial charge in [0.1, 0.15) is 0 Å². The average Bonchev–Trinajstić information content (AvgIpc) is 2.71. The van der Waals surface area contributed by atoms with Crippen LogP contribution < -0.4 is 19.5 Å². The summed E-state index contributed by atoms with van der Waals surface area (Å²) in [5, 5.41) is 3.82. The molecule has 0 saturated carbocycles. The van der Waals surface area contributed by atoms with E-state index in [1.165, 1.54) is 6.08 Å². The highest BCUT2D eigenvalue weighted by atomic mass is 16.5. The van der Waals surface area contributed by atoms with Crippen molar-refractivity contribution in [3.05, 3.63) is 60.3 Å². The van der Waals surface area contributed by atoms with E-state index in [1.54, 1.807) is 45.7 Å². The fourth-order valence-corrected chi connectivity index (χ4v) is 2.75. The van der Waals surface area contributed by atoms with Gasteiger partial charge in [0.2, 0.25) is 11.7 Å². The number of hydrogen-bond acceptors (Lipinski definition) is 5. The number of nitrogens with one attached hydrogen (secondary N) is 1. The zero-order chi connectivity index (χ0) is 19.2. The highest BCUT2D eigenvalue weighted by Crippen LogP contribution is 2.38. The molecule has 0 aliphatic heterocycles. The first kappa shape index (κ1) is 18.3. The standard InChI is InChI=1S/C21H20N2O4/c1-25-17-12-14(13-18(26-2)21(17)27-3)9-10-19(24)23-16-8-4-6-15-7-5-11-22-20(15)16/h4-13H,1-3H3,(H,23,24)/b10-9+. The van der Waals surface area contributed by atoms with E-state index in [-0.39, 0.29) is 5.91 Å². The van der Waals surface area contributed by atoms with E-state index in [1.807, 2.05) is 30.3 Å². The Hall–Kier alpha value is -3.54. The molecule has 0 aliphatic rings. The summed E-state index contributed by atoms with van der Waals surface area (Å²) in [5.41, 5.74) is 2.15. The van der Waals surface area contributed by atoms with Crippen LogP contribution in [-0.4, -0.2) is 32.2 Å². The molecule has 0 aliphatic carbocycles. The summed E-state index contributed by atoms with van der Waals surface area (Å²) in [7, 11) is 4.64. The smallest absolute Gasteiger partial charge is 0.248 e. The third kappa shape index (κ3) is 4.00. The number of pyridine rings is 1. The Morgan fingerprint density at radius 2 is 1.70 bits per heavy atom. The maximum Gasteiger partial charge on any atom is 0.248 e. The van der Waals surface area contributed by atoms with Crippen LogP contribution in [0, 0.1) is 0 Å². The van der Waals surface area contributed by atoms with Gasteiger partial charge in [-0.3, -0.25) is 9.78 Å². The van der Waals surface area contributed by atoms with Crippen molar-refractivity contribution in [3.8, 4) is 17.2 Å². The molecule has 0 atom stereocenters. The van der Waals surface area contributed by atoms with Crippen LogP contribution in [0.15, 0.2) is 54.7 Å². The van der Waals surface area contributed by atoms with Crippen LogP contribution in [0.5, 0.6) is 17.2 Å². The SMILES string of the molecule is COc1cc(/C=C/C(=O)Nc2cccc3cccnc23)cc(OC)c1OC. The predicted molar refractivity (Wildman–Crippen MR) is 106 cm³/mol. The molecule has 0 fully saturated rings. The molecule has 3 aromatic rings. The van der Waals surface area contributed by atoms with Gasteiger partial charge in [-0.2, -0.15) is 0 Å². The summed E-state index contributed by atoms with van der Waals surface area (Å²) in [4.78, 5) is 16.7. The molecule has 1 aromatic heterocycles. The zero-order valence-electron chi connectivity index (χ0n) is 15.4. The topological polar surface area (TPSA) is 69.7 Å². The number of ether oxygens (including phenoxy) is 3. The first-order valence-corrected chi connectivity index (χ1v) is 8.29. The van der Waals surface area contributed by atoms with Crippen LogP contribution >= 0.6 is 0 Å². The molecular formula is C21H20N2O4. The number of benzene rings is 2. The van der Waals surface area contributed by atoms with E-state index >= 15 is 0 Å². The summed E-state index contributed by atoms with van der Waals surface area (Å²) < 4.78 is 15.9. The van der Waals surface area contributed by atoms with Crippen molar-refractivity contribution in [2.75, 3.05) is 26.6 Å². The van der Waals surface area contributed by atoms with Crippen molar-refractivity contribution in [2.45, 2.75) is 0 Å². The van der Waals surface area contributed by atoms with Gasteiger partial charge in [0, 0.05) is 17.7 Å². The van der Waals surface area contributed by atoms with Gasteiger partial charge in [-0.15, -0.1) is 0 Å². The van der Waals surface area contributed by atoms with Gasteiger partial charge in [-0.1, -0.05) is 18.2 Å². The summed E-state index contributed by atoms with van der Waals surface area (Å²) >= 11 is 0. The normalized spacial score (nSPS) is 10.8. The second-order valence-electron chi connectivity index (χ2n) is 5.66. The van der Waals surface area contributed by atoms with Crippen molar-refractivity contribution in [1.82, 2.24) is 4.98 Å². The number of amides is 1. The largest absolute Gasteiger partial charge is 0.493 e. The Kier molecular flexibility index (Phi) is 5.56. The van der Waals surface area contributed by atoms with Gasteiger partial charge in [0.05, 0.1) is 32.5 Å². The Bertz CT molecular complexity index is 968. The molecule has 1 amide bonds. The number of methoxy groups -OCH3 is 3. The molecular weight excluding hydrogens is 344 g/mol. The first-order valence-electron chi connectivity index (χ1n) is 8.29. The maximum atomic E-state index is 12.3. The Balaban J connectivity index is 1.82. The van der Waals surface area contributed by atoms with Gasteiger partial charge in [0.15, 0.2) is 11.5 Å². The quantitative estimate of drug-likeness (QED) is 0.672. The Morgan fingerprint density at radius 1 is 1.00 bits per heavy atom. The highest BCUT2D eigenvalue weighted by molar-refractivity contribution is 6.06. The molecule has 3 rings (SSSR count). The summed E-state index contributed by atoms with van der Waals surface area (Å²) in [6.45, 7) is 0. The molecule has 0 saturated heterocycles. The van der Waals surface area contributed by atoms with E-state index in [9.17, 15) is 4.79 Å². The van der Waals surface area contributed by atoms with E-state index in [0.29, 0.717) is 22.9 Å². The average molecular weight is 364 g/mol. The third-order valence-corrected chi connectivity index (χ3v) is 4.00. The minimum atomic E-state index is -0.262. The lowest BCUT2D eigenvalue weighted by Crippen LogP contribution is -2.08. The molecule has 1 N–H and O–H groups in total. The maximum absolute atomic E-state index is 12.3. The van der Waals surface area contributed by atoms with Crippen molar-refractivity contribution >= 4 is 28.6 Å². The second kappa shape index (κ2) is 8.23. The fraction of sp³-hybridized carbons (Fsp3) is 0.143.